The zero-order valence-corrected chi connectivity index (χ0v) is 6.89. The fraction of sp³-hybridized carbons (Fsp3) is 0.333. The fourth-order valence-electron chi connectivity index (χ4n) is 1.41. The maximum atomic E-state index is 12.8. The molecule has 1 aliphatic heterocycles. The molecule has 4 heteroatoms. The molecule has 70 valence electrons. The third kappa shape index (κ3) is 1.84. The summed E-state index contributed by atoms with van der Waals surface area (Å²) in [6.45, 7) is 0.572. The van der Waals surface area contributed by atoms with Crippen molar-refractivity contribution in [2.75, 3.05) is 6.61 Å². The lowest BCUT2D eigenvalue weighted by Gasteiger charge is -2.08. The summed E-state index contributed by atoms with van der Waals surface area (Å²) in [7, 11) is 0. The number of benzene rings is 1. The van der Waals surface area contributed by atoms with Gasteiger partial charge in [-0.3, -0.25) is 0 Å². The highest BCUT2D eigenvalue weighted by Crippen LogP contribution is 2.22. The van der Waals surface area contributed by atoms with Crippen molar-refractivity contribution in [3.63, 3.8) is 0 Å². The van der Waals surface area contributed by atoms with Gasteiger partial charge in [-0.15, -0.1) is 0 Å². The summed E-state index contributed by atoms with van der Waals surface area (Å²) >= 11 is 0. The predicted molar refractivity (Wildman–Crippen MR) is 42.8 cm³/mol. The zero-order valence-electron chi connectivity index (χ0n) is 6.89. The van der Waals surface area contributed by atoms with Gasteiger partial charge in [-0.05, 0) is 24.1 Å². The Morgan fingerprint density at radius 1 is 1.23 bits per heavy atom. The summed E-state index contributed by atoms with van der Waals surface area (Å²) in [4.78, 5) is 4.90. The van der Waals surface area contributed by atoms with Gasteiger partial charge in [0.1, 0.15) is 11.6 Å². The molecule has 1 aromatic rings. The number of rotatable bonds is 1. The van der Waals surface area contributed by atoms with Crippen molar-refractivity contribution in [1.29, 1.82) is 0 Å². The van der Waals surface area contributed by atoms with E-state index in [0.29, 0.717) is 12.2 Å². The molecule has 1 aliphatic rings. The van der Waals surface area contributed by atoms with E-state index in [1.165, 1.54) is 12.1 Å². The molecule has 0 saturated carbocycles. The van der Waals surface area contributed by atoms with Crippen LogP contribution in [0.2, 0.25) is 0 Å². The average Bonchev–Trinajstić information content (AvgIpc) is 2.53. The maximum absolute atomic E-state index is 12.8. The molecular weight excluding hydrogens is 176 g/mol. The van der Waals surface area contributed by atoms with E-state index < -0.39 is 11.6 Å². The molecule has 1 saturated heterocycles. The van der Waals surface area contributed by atoms with Gasteiger partial charge in [0.05, 0.1) is 12.6 Å². The second kappa shape index (κ2) is 3.40. The first kappa shape index (κ1) is 8.59. The molecule has 0 amide bonds. The Hall–Kier alpha value is -1.00. The first-order valence-electron chi connectivity index (χ1n) is 4.09. The van der Waals surface area contributed by atoms with Gasteiger partial charge in [-0.25, -0.2) is 8.78 Å². The van der Waals surface area contributed by atoms with Crippen LogP contribution in [0.25, 0.3) is 0 Å². The molecular formula is C9H9F2NO. The van der Waals surface area contributed by atoms with Gasteiger partial charge in [0.25, 0.3) is 0 Å². The molecule has 2 nitrogen and oxygen atoms in total. The molecule has 1 fully saturated rings. The van der Waals surface area contributed by atoms with Crippen LogP contribution in [-0.4, -0.2) is 6.61 Å². The number of hydroxylamine groups is 1. The van der Waals surface area contributed by atoms with E-state index in [1.54, 1.807) is 0 Å². The minimum Gasteiger partial charge on any atom is -0.301 e. The fourth-order valence-corrected chi connectivity index (χ4v) is 1.41. The maximum Gasteiger partial charge on any atom is 0.126 e. The Morgan fingerprint density at radius 2 is 1.92 bits per heavy atom. The normalized spacial score (nSPS) is 22.2. The lowest BCUT2D eigenvalue weighted by Crippen LogP contribution is -2.11. The highest BCUT2D eigenvalue weighted by Gasteiger charge is 2.18. The van der Waals surface area contributed by atoms with Crippen LogP contribution in [0.15, 0.2) is 18.2 Å². The molecule has 0 radical (unpaired) electrons. The third-order valence-corrected chi connectivity index (χ3v) is 2.02. The van der Waals surface area contributed by atoms with Crippen molar-refractivity contribution >= 4 is 0 Å². The minimum atomic E-state index is -0.552. The Bertz CT molecular complexity index is 290. The van der Waals surface area contributed by atoms with Crippen LogP contribution < -0.4 is 5.48 Å². The van der Waals surface area contributed by atoms with Crippen molar-refractivity contribution in [3.05, 3.63) is 35.4 Å². The quantitative estimate of drug-likeness (QED) is 0.721. The summed E-state index contributed by atoms with van der Waals surface area (Å²) in [6.07, 6.45) is 0.739. The molecule has 0 aliphatic carbocycles. The van der Waals surface area contributed by atoms with Gasteiger partial charge in [0.2, 0.25) is 0 Å². The second-order valence-corrected chi connectivity index (χ2v) is 3.01. The second-order valence-electron chi connectivity index (χ2n) is 3.01. The first-order chi connectivity index (χ1) is 6.25. The number of halogens is 2. The van der Waals surface area contributed by atoms with Crippen LogP contribution in [0.3, 0.4) is 0 Å². The van der Waals surface area contributed by atoms with Gasteiger partial charge in [0.15, 0.2) is 0 Å². The smallest absolute Gasteiger partial charge is 0.126 e. The Labute approximate surface area is 74.5 Å². The summed E-state index contributed by atoms with van der Waals surface area (Å²) < 4.78 is 25.5. The number of nitrogens with one attached hydrogen (secondary N) is 1. The monoisotopic (exact) mass is 185 g/mol. The van der Waals surface area contributed by atoms with E-state index in [-0.39, 0.29) is 6.04 Å². The molecule has 1 aromatic carbocycles. The zero-order chi connectivity index (χ0) is 9.26. The summed E-state index contributed by atoms with van der Waals surface area (Å²) in [5.41, 5.74) is 3.29. The van der Waals surface area contributed by atoms with E-state index in [1.807, 2.05) is 0 Å². The van der Waals surface area contributed by atoms with Crippen LogP contribution in [0.1, 0.15) is 18.0 Å². The van der Waals surface area contributed by atoms with Crippen LogP contribution in [0, 0.1) is 11.6 Å². The SMILES string of the molecule is Fc1cc(F)cc(C2CCON2)c1. The Morgan fingerprint density at radius 3 is 2.46 bits per heavy atom. The van der Waals surface area contributed by atoms with E-state index >= 15 is 0 Å². The average molecular weight is 185 g/mol. The molecule has 0 aromatic heterocycles. The molecule has 13 heavy (non-hydrogen) atoms. The standard InChI is InChI=1S/C9H9F2NO/c10-7-3-6(4-8(11)5-7)9-1-2-13-12-9/h3-5,9,12H,1-2H2. The van der Waals surface area contributed by atoms with Crippen LogP contribution in [0.4, 0.5) is 8.78 Å². The largest absolute Gasteiger partial charge is 0.301 e. The summed E-state index contributed by atoms with van der Waals surface area (Å²) in [5, 5.41) is 0. The minimum absolute atomic E-state index is 0.0924. The number of hydrogen-bond donors (Lipinski definition) is 1. The molecule has 1 unspecified atom stereocenters. The third-order valence-electron chi connectivity index (χ3n) is 2.02. The number of hydrogen-bond acceptors (Lipinski definition) is 2. The topological polar surface area (TPSA) is 21.3 Å². The van der Waals surface area contributed by atoms with E-state index in [0.717, 1.165) is 12.5 Å². The van der Waals surface area contributed by atoms with E-state index in [9.17, 15) is 8.78 Å². The lowest BCUT2D eigenvalue weighted by molar-refractivity contribution is 0.0882. The highest BCUT2D eigenvalue weighted by molar-refractivity contribution is 5.21. The van der Waals surface area contributed by atoms with E-state index in [2.05, 4.69) is 5.48 Å². The summed E-state index contributed by atoms with van der Waals surface area (Å²) in [5.74, 6) is -1.10. The Kier molecular flexibility index (Phi) is 2.24. The van der Waals surface area contributed by atoms with Crippen molar-refractivity contribution in [1.82, 2.24) is 5.48 Å². The van der Waals surface area contributed by atoms with E-state index in [4.69, 9.17) is 4.84 Å². The molecule has 1 heterocycles. The molecule has 1 atom stereocenters. The van der Waals surface area contributed by atoms with Gasteiger partial charge in [0, 0.05) is 6.07 Å². The van der Waals surface area contributed by atoms with Crippen LogP contribution in [-0.2, 0) is 4.84 Å². The highest BCUT2D eigenvalue weighted by atomic mass is 19.1. The summed E-state index contributed by atoms with van der Waals surface area (Å²) in [6, 6.07) is 3.40. The first-order valence-corrected chi connectivity index (χ1v) is 4.09. The predicted octanol–water partition coefficient (Wildman–Crippen LogP) is 1.93. The van der Waals surface area contributed by atoms with Gasteiger partial charge >= 0.3 is 0 Å². The lowest BCUT2D eigenvalue weighted by atomic mass is 10.1. The van der Waals surface area contributed by atoms with Crippen molar-refractivity contribution in [2.45, 2.75) is 12.5 Å². The van der Waals surface area contributed by atoms with Crippen LogP contribution >= 0.6 is 0 Å². The molecule has 1 N–H and O–H groups in total. The van der Waals surface area contributed by atoms with Crippen molar-refractivity contribution < 1.29 is 13.6 Å². The van der Waals surface area contributed by atoms with Crippen molar-refractivity contribution in [2.24, 2.45) is 0 Å². The van der Waals surface area contributed by atoms with Gasteiger partial charge in [-0.2, -0.15) is 5.48 Å². The molecule has 0 spiro atoms. The molecule has 2 rings (SSSR count). The van der Waals surface area contributed by atoms with Crippen molar-refractivity contribution in [3.8, 4) is 0 Å². The van der Waals surface area contributed by atoms with Gasteiger partial charge in [-0.1, -0.05) is 0 Å². The molecule has 0 bridgehead atoms. The van der Waals surface area contributed by atoms with Gasteiger partial charge < -0.3 is 4.84 Å². The Balaban J connectivity index is 2.28. The van der Waals surface area contributed by atoms with Crippen LogP contribution in [0.5, 0.6) is 0 Å².